The fourth-order valence-electron chi connectivity index (χ4n) is 1.77. The normalized spacial score (nSPS) is 18.1. The Morgan fingerprint density at radius 2 is 1.86 bits per heavy atom. The summed E-state index contributed by atoms with van der Waals surface area (Å²) in [6.45, 7) is 0. The van der Waals surface area contributed by atoms with E-state index in [1.807, 2.05) is 0 Å². The van der Waals surface area contributed by atoms with Gasteiger partial charge in [0.25, 0.3) is 0 Å². The molecule has 74 valence electrons. The summed E-state index contributed by atoms with van der Waals surface area (Å²) in [4.78, 5) is 27.0. The molecule has 0 atom stereocenters. The summed E-state index contributed by atoms with van der Waals surface area (Å²) < 4.78 is 0. The van der Waals surface area contributed by atoms with E-state index in [-0.39, 0.29) is 5.92 Å². The maximum atomic E-state index is 10.1. The van der Waals surface area contributed by atoms with E-state index in [1.165, 1.54) is 24.8 Å². The van der Waals surface area contributed by atoms with Crippen molar-refractivity contribution in [1.29, 1.82) is 0 Å². The maximum absolute atomic E-state index is 10.1. The average molecular weight is 192 g/mol. The van der Waals surface area contributed by atoms with E-state index < -0.39 is 0 Å². The highest BCUT2D eigenvalue weighted by atomic mass is 16.1. The predicted octanol–water partition coefficient (Wildman–Crippen LogP) is 2.08. The minimum Gasteiger partial charge on any atom is -0.211 e. The van der Waals surface area contributed by atoms with Crippen LogP contribution in [-0.2, 0) is 9.59 Å². The van der Waals surface area contributed by atoms with Crippen LogP contribution in [0.3, 0.4) is 0 Å². The number of nitrogens with zero attached hydrogens (tertiary/aromatic N) is 2. The fraction of sp³-hybridized carbons (Fsp3) is 0.600. The molecular formula is C10H12N2O2. The first-order valence-corrected chi connectivity index (χ1v) is 4.73. The molecule has 4 nitrogen and oxygen atoms in total. The van der Waals surface area contributed by atoms with Gasteiger partial charge in [-0.25, -0.2) is 9.59 Å². The monoisotopic (exact) mass is 192 g/mol. The first-order valence-electron chi connectivity index (χ1n) is 4.73. The standard InChI is InChI=1S/C10H12N2O2/c13-7-11-6-10(12-8-14)9-4-2-1-3-5-9/h6,9H,1-5H2. The third-order valence-electron chi connectivity index (χ3n) is 2.45. The first kappa shape index (κ1) is 10.6. The Morgan fingerprint density at radius 3 is 2.43 bits per heavy atom. The third kappa shape index (κ3) is 3.09. The summed E-state index contributed by atoms with van der Waals surface area (Å²) >= 11 is 0. The number of hydrogen-bond donors (Lipinski definition) is 0. The summed E-state index contributed by atoms with van der Waals surface area (Å²) in [6, 6.07) is 0. The van der Waals surface area contributed by atoms with Gasteiger partial charge in [-0.3, -0.25) is 0 Å². The fourth-order valence-corrected chi connectivity index (χ4v) is 1.77. The van der Waals surface area contributed by atoms with Crippen LogP contribution in [0.15, 0.2) is 21.9 Å². The van der Waals surface area contributed by atoms with Crippen molar-refractivity contribution < 1.29 is 9.59 Å². The first-order chi connectivity index (χ1) is 6.88. The van der Waals surface area contributed by atoms with E-state index in [2.05, 4.69) is 9.98 Å². The number of hydrogen-bond acceptors (Lipinski definition) is 4. The van der Waals surface area contributed by atoms with Gasteiger partial charge in [-0.2, -0.15) is 9.98 Å². The van der Waals surface area contributed by atoms with Crippen LogP contribution in [0, 0.1) is 5.92 Å². The Morgan fingerprint density at radius 1 is 1.14 bits per heavy atom. The van der Waals surface area contributed by atoms with E-state index >= 15 is 0 Å². The Kier molecular flexibility index (Phi) is 4.56. The minimum absolute atomic E-state index is 0.252. The van der Waals surface area contributed by atoms with E-state index in [0.29, 0.717) is 5.70 Å². The van der Waals surface area contributed by atoms with Crippen molar-refractivity contribution in [2.45, 2.75) is 32.1 Å². The van der Waals surface area contributed by atoms with Crippen LogP contribution in [0.4, 0.5) is 0 Å². The van der Waals surface area contributed by atoms with Crippen LogP contribution in [0.2, 0.25) is 0 Å². The smallest absolute Gasteiger partial charge is 0.211 e. The predicted molar refractivity (Wildman–Crippen MR) is 50.9 cm³/mol. The molecule has 1 aliphatic rings. The molecule has 1 fully saturated rings. The molecular weight excluding hydrogens is 180 g/mol. The quantitative estimate of drug-likeness (QED) is 0.507. The zero-order valence-electron chi connectivity index (χ0n) is 7.90. The SMILES string of the molecule is O=C=NC=C(N=C=O)C1CCCCC1. The van der Waals surface area contributed by atoms with Crippen molar-refractivity contribution in [3.8, 4) is 0 Å². The van der Waals surface area contributed by atoms with Crippen molar-refractivity contribution in [2.24, 2.45) is 15.9 Å². The van der Waals surface area contributed by atoms with E-state index in [0.717, 1.165) is 25.7 Å². The van der Waals surface area contributed by atoms with Gasteiger partial charge in [-0.05, 0) is 12.8 Å². The van der Waals surface area contributed by atoms with Gasteiger partial charge in [-0.15, -0.1) is 0 Å². The molecule has 0 radical (unpaired) electrons. The van der Waals surface area contributed by atoms with Crippen LogP contribution in [0.25, 0.3) is 0 Å². The van der Waals surface area contributed by atoms with Gasteiger partial charge in [0.2, 0.25) is 12.2 Å². The summed E-state index contributed by atoms with van der Waals surface area (Å²) in [7, 11) is 0. The summed E-state index contributed by atoms with van der Waals surface area (Å²) in [5, 5.41) is 0. The Hall–Kier alpha value is -1.50. The highest BCUT2D eigenvalue weighted by Gasteiger charge is 2.17. The zero-order chi connectivity index (χ0) is 10.2. The highest BCUT2D eigenvalue weighted by molar-refractivity contribution is 5.39. The van der Waals surface area contributed by atoms with Crippen LogP contribution < -0.4 is 0 Å². The van der Waals surface area contributed by atoms with Crippen LogP contribution in [0.1, 0.15) is 32.1 Å². The van der Waals surface area contributed by atoms with Crippen molar-refractivity contribution in [3.05, 3.63) is 11.9 Å². The van der Waals surface area contributed by atoms with Crippen LogP contribution >= 0.6 is 0 Å². The lowest BCUT2D eigenvalue weighted by Crippen LogP contribution is -2.07. The summed E-state index contributed by atoms with van der Waals surface area (Å²) in [6.07, 6.45) is 9.73. The number of allylic oxidation sites excluding steroid dienone is 1. The lowest BCUT2D eigenvalue weighted by Gasteiger charge is -2.20. The molecule has 0 spiro atoms. The molecule has 1 aliphatic carbocycles. The second-order valence-electron chi connectivity index (χ2n) is 3.31. The molecule has 0 N–H and O–H groups in total. The summed E-state index contributed by atoms with van der Waals surface area (Å²) in [5.41, 5.74) is 0.558. The molecule has 4 heteroatoms. The van der Waals surface area contributed by atoms with Gasteiger partial charge >= 0.3 is 0 Å². The average Bonchev–Trinajstić information content (AvgIpc) is 2.25. The lowest BCUT2D eigenvalue weighted by molar-refractivity contribution is 0.399. The molecule has 0 heterocycles. The molecule has 0 saturated heterocycles. The Bertz CT molecular complexity index is 304. The minimum atomic E-state index is 0.252. The van der Waals surface area contributed by atoms with Gasteiger partial charge < -0.3 is 0 Å². The molecule has 1 saturated carbocycles. The second-order valence-corrected chi connectivity index (χ2v) is 3.31. The summed E-state index contributed by atoms with van der Waals surface area (Å²) in [5.74, 6) is 0.252. The van der Waals surface area contributed by atoms with Crippen molar-refractivity contribution in [1.82, 2.24) is 0 Å². The number of isocyanates is 2. The van der Waals surface area contributed by atoms with Gasteiger partial charge in [-0.1, -0.05) is 19.3 Å². The molecule has 1 rings (SSSR count). The second kappa shape index (κ2) is 6.03. The van der Waals surface area contributed by atoms with Crippen molar-refractivity contribution in [2.75, 3.05) is 0 Å². The van der Waals surface area contributed by atoms with Crippen LogP contribution in [-0.4, -0.2) is 12.2 Å². The van der Waals surface area contributed by atoms with Gasteiger partial charge in [0.1, 0.15) is 0 Å². The van der Waals surface area contributed by atoms with Crippen molar-refractivity contribution >= 4 is 12.2 Å². The zero-order valence-corrected chi connectivity index (χ0v) is 7.90. The largest absolute Gasteiger partial charge is 0.240 e. The van der Waals surface area contributed by atoms with Crippen molar-refractivity contribution in [3.63, 3.8) is 0 Å². The van der Waals surface area contributed by atoms with E-state index in [1.54, 1.807) is 0 Å². The molecule has 0 aromatic rings. The molecule has 0 aliphatic heterocycles. The maximum Gasteiger partial charge on any atom is 0.240 e. The van der Waals surface area contributed by atoms with Gasteiger partial charge in [0.15, 0.2) is 0 Å². The highest BCUT2D eigenvalue weighted by Crippen LogP contribution is 2.29. The Balaban J connectivity index is 2.74. The molecule has 0 aromatic carbocycles. The number of aliphatic imine (C=N–C) groups is 2. The molecule has 0 aromatic heterocycles. The van der Waals surface area contributed by atoms with Gasteiger partial charge in [0, 0.05) is 5.92 Å². The van der Waals surface area contributed by atoms with E-state index in [4.69, 9.17) is 0 Å². The topological polar surface area (TPSA) is 58.9 Å². The van der Waals surface area contributed by atoms with E-state index in [9.17, 15) is 9.59 Å². The lowest BCUT2D eigenvalue weighted by atomic mass is 9.87. The number of rotatable bonds is 3. The number of carbonyl (C=O) groups excluding carboxylic acids is 2. The molecule has 0 amide bonds. The Labute approximate surface area is 82.4 Å². The van der Waals surface area contributed by atoms with Crippen LogP contribution in [0.5, 0.6) is 0 Å². The third-order valence-corrected chi connectivity index (χ3v) is 2.45. The van der Waals surface area contributed by atoms with Gasteiger partial charge in [0.05, 0.1) is 11.9 Å². The molecule has 0 bridgehead atoms. The molecule has 0 unspecified atom stereocenters. The molecule has 14 heavy (non-hydrogen) atoms.